The monoisotopic (exact) mass is 400 g/mol. The van der Waals surface area contributed by atoms with E-state index in [1.165, 1.54) is 31.0 Å². The van der Waals surface area contributed by atoms with Gasteiger partial charge in [0.15, 0.2) is 5.82 Å². The molecule has 1 aromatic heterocycles. The SMILES string of the molecule is CCOC(=O)c1ccc(NC(=O)CSc2ccc(N3CCCCC3)nn2)cc1. The van der Waals surface area contributed by atoms with E-state index in [2.05, 4.69) is 20.4 Å². The van der Waals surface area contributed by atoms with Gasteiger partial charge in [-0.2, -0.15) is 0 Å². The van der Waals surface area contributed by atoms with Gasteiger partial charge in [0.05, 0.1) is 17.9 Å². The fourth-order valence-electron chi connectivity index (χ4n) is 2.92. The zero-order valence-corrected chi connectivity index (χ0v) is 16.7. The van der Waals surface area contributed by atoms with E-state index in [0.29, 0.717) is 22.9 Å². The number of nitrogens with zero attached hydrogens (tertiary/aromatic N) is 3. The lowest BCUT2D eigenvalue weighted by atomic mass is 10.1. The van der Waals surface area contributed by atoms with Gasteiger partial charge in [0, 0.05) is 18.8 Å². The third kappa shape index (κ3) is 5.69. The molecule has 3 rings (SSSR count). The standard InChI is InChI=1S/C20H24N4O3S/c1-2-27-20(26)15-6-8-16(9-7-15)21-18(25)14-28-19-11-10-17(22-23-19)24-12-4-3-5-13-24/h6-11H,2-5,12-14H2,1H3,(H,21,25). The molecule has 0 atom stereocenters. The van der Waals surface area contributed by atoms with Crippen LogP contribution in [-0.4, -0.2) is 47.5 Å². The van der Waals surface area contributed by atoms with E-state index < -0.39 is 0 Å². The summed E-state index contributed by atoms with van der Waals surface area (Å²) in [6.45, 7) is 4.14. The molecule has 1 aromatic carbocycles. The summed E-state index contributed by atoms with van der Waals surface area (Å²) < 4.78 is 4.94. The number of nitrogens with one attached hydrogen (secondary N) is 1. The van der Waals surface area contributed by atoms with Crippen LogP contribution in [0.1, 0.15) is 36.5 Å². The van der Waals surface area contributed by atoms with E-state index in [1.807, 2.05) is 12.1 Å². The highest BCUT2D eigenvalue weighted by atomic mass is 32.2. The molecule has 0 radical (unpaired) electrons. The number of piperidine rings is 1. The van der Waals surface area contributed by atoms with Crippen LogP contribution in [0.3, 0.4) is 0 Å². The predicted octanol–water partition coefficient (Wildman–Crippen LogP) is 3.37. The lowest BCUT2D eigenvalue weighted by Gasteiger charge is -2.27. The van der Waals surface area contributed by atoms with Crippen molar-refractivity contribution in [1.29, 1.82) is 0 Å². The minimum absolute atomic E-state index is 0.143. The smallest absolute Gasteiger partial charge is 0.338 e. The number of thioether (sulfide) groups is 1. The average molecular weight is 401 g/mol. The van der Waals surface area contributed by atoms with Crippen LogP contribution in [0.15, 0.2) is 41.4 Å². The zero-order chi connectivity index (χ0) is 19.8. The summed E-state index contributed by atoms with van der Waals surface area (Å²) in [4.78, 5) is 26.0. The molecule has 0 saturated carbocycles. The van der Waals surface area contributed by atoms with E-state index in [4.69, 9.17) is 4.74 Å². The Morgan fingerprint density at radius 2 is 1.82 bits per heavy atom. The summed E-state index contributed by atoms with van der Waals surface area (Å²) in [5.41, 5.74) is 1.09. The van der Waals surface area contributed by atoms with Crippen LogP contribution < -0.4 is 10.2 Å². The Hall–Kier alpha value is -2.61. The number of carbonyl (C=O) groups excluding carboxylic acids is 2. The first-order valence-corrected chi connectivity index (χ1v) is 10.4. The van der Waals surface area contributed by atoms with Gasteiger partial charge in [-0.05, 0) is 62.6 Å². The minimum Gasteiger partial charge on any atom is -0.462 e. The fraction of sp³-hybridized carbons (Fsp3) is 0.400. The fourth-order valence-corrected chi connectivity index (χ4v) is 3.54. The van der Waals surface area contributed by atoms with Gasteiger partial charge in [-0.15, -0.1) is 10.2 Å². The van der Waals surface area contributed by atoms with Gasteiger partial charge in [0.2, 0.25) is 5.91 Å². The number of hydrogen-bond donors (Lipinski definition) is 1. The second kappa shape index (κ2) is 10.1. The lowest BCUT2D eigenvalue weighted by Crippen LogP contribution is -2.30. The first-order valence-electron chi connectivity index (χ1n) is 9.44. The van der Waals surface area contributed by atoms with E-state index >= 15 is 0 Å². The molecule has 7 nitrogen and oxygen atoms in total. The lowest BCUT2D eigenvalue weighted by molar-refractivity contribution is -0.113. The van der Waals surface area contributed by atoms with Gasteiger partial charge in [-0.1, -0.05) is 11.8 Å². The van der Waals surface area contributed by atoms with Crippen LogP contribution in [0, 0.1) is 0 Å². The molecule has 148 valence electrons. The first kappa shape index (κ1) is 20.1. The molecular weight excluding hydrogens is 376 g/mol. The number of ether oxygens (including phenoxy) is 1. The molecule has 28 heavy (non-hydrogen) atoms. The molecular formula is C20H24N4O3S. The Balaban J connectivity index is 1.46. The second-order valence-corrected chi connectivity index (χ2v) is 7.41. The van der Waals surface area contributed by atoms with Crippen LogP contribution >= 0.6 is 11.8 Å². The largest absolute Gasteiger partial charge is 0.462 e. The van der Waals surface area contributed by atoms with E-state index in [0.717, 1.165) is 18.9 Å². The van der Waals surface area contributed by atoms with Crippen molar-refractivity contribution < 1.29 is 14.3 Å². The predicted molar refractivity (Wildman–Crippen MR) is 110 cm³/mol. The van der Waals surface area contributed by atoms with E-state index in [-0.39, 0.29) is 17.6 Å². The average Bonchev–Trinajstić information content (AvgIpc) is 2.74. The summed E-state index contributed by atoms with van der Waals surface area (Å²) in [7, 11) is 0. The number of hydrogen-bond acceptors (Lipinski definition) is 7. The summed E-state index contributed by atoms with van der Waals surface area (Å²) in [6, 6.07) is 10.5. The van der Waals surface area contributed by atoms with Crippen LogP contribution in [0.5, 0.6) is 0 Å². The molecule has 1 aliphatic rings. The summed E-state index contributed by atoms with van der Waals surface area (Å²) in [5.74, 6) is 0.616. The molecule has 2 aromatic rings. The summed E-state index contributed by atoms with van der Waals surface area (Å²) in [6.07, 6.45) is 3.66. The van der Waals surface area contributed by atoms with Crippen molar-refractivity contribution in [3.63, 3.8) is 0 Å². The number of rotatable bonds is 7. The number of aromatic nitrogens is 2. The normalized spacial score (nSPS) is 13.8. The number of carbonyl (C=O) groups is 2. The maximum Gasteiger partial charge on any atom is 0.338 e. The first-order chi connectivity index (χ1) is 13.7. The van der Waals surface area contributed by atoms with Gasteiger partial charge >= 0.3 is 5.97 Å². The van der Waals surface area contributed by atoms with Gasteiger partial charge < -0.3 is 15.0 Å². The highest BCUT2D eigenvalue weighted by Gasteiger charge is 2.13. The Labute approximate surface area is 168 Å². The van der Waals surface area contributed by atoms with Gasteiger partial charge in [0.25, 0.3) is 0 Å². The molecule has 1 saturated heterocycles. The van der Waals surface area contributed by atoms with Crippen molar-refractivity contribution in [2.24, 2.45) is 0 Å². The van der Waals surface area contributed by atoms with Crippen molar-refractivity contribution in [3.05, 3.63) is 42.0 Å². The highest BCUT2D eigenvalue weighted by Crippen LogP contribution is 2.20. The minimum atomic E-state index is -0.373. The number of benzene rings is 1. The maximum atomic E-state index is 12.1. The Bertz CT molecular complexity index is 790. The third-order valence-electron chi connectivity index (χ3n) is 4.34. The van der Waals surface area contributed by atoms with Crippen molar-refractivity contribution in [1.82, 2.24) is 10.2 Å². The molecule has 1 amide bonds. The topological polar surface area (TPSA) is 84.4 Å². The molecule has 0 unspecified atom stereocenters. The quantitative estimate of drug-likeness (QED) is 0.563. The van der Waals surface area contributed by atoms with Crippen LogP contribution in [0.25, 0.3) is 0 Å². The number of anilines is 2. The maximum absolute atomic E-state index is 12.1. The molecule has 1 fully saturated rings. The number of amides is 1. The van der Waals surface area contributed by atoms with Crippen LogP contribution in [0.4, 0.5) is 11.5 Å². The van der Waals surface area contributed by atoms with Gasteiger partial charge in [-0.25, -0.2) is 4.79 Å². The number of esters is 1. The van der Waals surface area contributed by atoms with Crippen molar-refractivity contribution in [2.75, 3.05) is 35.7 Å². The van der Waals surface area contributed by atoms with Gasteiger partial charge in [0.1, 0.15) is 5.03 Å². The summed E-state index contributed by atoms with van der Waals surface area (Å²) in [5, 5.41) is 12.0. The van der Waals surface area contributed by atoms with Crippen molar-refractivity contribution in [3.8, 4) is 0 Å². The molecule has 0 spiro atoms. The molecule has 8 heteroatoms. The second-order valence-electron chi connectivity index (χ2n) is 6.41. The Kier molecular flexibility index (Phi) is 7.25. The molecule has 0 aliphatic carbocycles. The summed E-state index contributed by atoms with van der Waals surface area (Å²) >= 11 is 1.34. The van der Waals surface area contributed by atoms with Crippen molar-refractivity contribution >= 4 is 35.1 Å². The molecule has 1 N–H and O–H groups in total. The highest BCUT2D eigenvalue weighted by molar-refractivity contribution is 7.99. The third-order valence-corrected chi connectivity index (χ3v) is 5.26. The van der Waals surface area contributed by atoms with Crippen LogP contribution in [0.2, 0.25) is 0 Å². The molecule has 0 bridgehead atoms. The Morgan fingerprint density at radius 1 is 1.07 bits per heavy atom. The zero-order valence-electron chi connectivity index (χ0n) is 15.9. The van der Waals surface area contributed by atoms with Crippen LogP contribution in [-0.2, 0) is 9.53 Å². The molecule has 1 aliphatic heterocycles. The Morgan fingerprint density at radius 3 is 2.46 bits per heavy atom. The van der Waals surface area contributed by atoms with Crippen molar-refractivity contribution in [2.45, 2.75) is 31.2 Å². The molecule has 2 heterocycles. The van der Waals surface area contributed by atoms with E-state index in [9.17, 15) is 9.59 Å². The van der Waals surface area contributed by atoms with Gasteiger partial charge in [-0.3, -0.25) is 4.79 Å². The van der Waals surface area contributed by atoms with E-state index in [1.54, 1.807) is 31.2 Å².